The van der Waals surface area contributed by atoms with E-state index in [1.807, 2.05) is 26.0 Å². The summed E-state index contributed by atoms with van der Waals surface area (Å²) in [7, 11) is 0. The quantitative estimate of drug-likeness (QED) is 0.884. The molecule has 1 saturated heterocycles. The first-order valence-electron chi connectivity index (χ1n) is 8.01. The van der Waals surface area contributed by atoms with Crippen molar-refractivity contribution in [3.05, 3.63) is 23.2 Å². The lowest BCUT2D eigenvalue weighted by atomic mass is 10.2. The highest BCUT2D eigenvalue weighted by molar-refractivity contribution is 6.32. The summed E-state index contributed by atoms with van der Waals surface area (Å²) in [5.74, 6) is 0.761. The van der Waals surface area contributed by atoms with Crippen LogP contribution in [0.1, 0.15) is 40.0 Å². The maximum atomic E-state index is 6.30. The van der Waals surface area contributed by atoms with Crippen molar-refractivity contribution in [3.63, 3.8) is 0 Å². The molecule has 0 amide bonds. The van der Waals surface area contributed by atoms with Crippen LogP contribution in [0.2, 0.25) is 5.02 Å². The number of nitrogens with zero attached hydrogens (tertiary/aromatic N) is 1. The van der Waals surface area contributed by atoms with Gasteiger partial charge in [-0.1, -0.05) is 11.6 Å². The first-order chi connectivity index (χ1) is 10.0. The molecule has 3 nitrogen and oxygen atoms in total. The number of anilines is 1. The summed E-state index contributed by atoms with van der Waals surface area (Å²) in [4.78, 5) is 2.65. The summed E-state index contributed by atoms with van der Waals surface area (Å²) in [6.07, 6.45) is 4.11. The zero-order chi connectivity index (χ0) is 15.0. The largest absolute Gasteiger partial charge is 0.489 e. The van der Waals surface area contributed by atoms with Gasteiger partial charge in [-0.25, -0.2) is 0 Å². The van der Waals surface area contributed by atoms with E-state index in [0.29, 0.717) is 17.1 Å². The van der Waals surface area contributed by atoms with Crippen LogP contribution in [0.5, 0.6) is 5.75 Å². The Labute approximate surface area is 132 Å². The molecule has 2 unspecified atom stereocenters. The van der Waals surface area contributed by atoms with Crippen molar-refractivity contribution in [1.82, 2.24) is 4.90 Å². The van der Waals surface area contributed by atoms with E-state index in [2.05, 4.69) is 23.2 Å². The highest BCUT2D eigenvalue weighted by atomic mass is 35.5. The van der Waals surface area contributed by atoms with Crippen LogP contribution < -0.4 is 10.1 Å². The minimum absolute atomic E-state index is 0.143. The maximum absolute atomic E-state index is 6.30. The third kappa shape index (κ3) is 3.64. The lowest BCUT2D eigenvalue weighted by molar-refractivity contribution is 0.242. The zero-order valence-electron chi connectivity index (χ0n) is 13.1. The Morgan fingerprint density at radius 2 is 2.10 bits per heavy atom. The van der Waals surface area contributed by atoms with Crippen LogP contribution >= 0.6 is 11.6 Å². The highest BCUT2D eigenvalue weighted by Gasteiger charge is 2.38. The van der Waals surface area contributed by atoms with Gasteiger partial charge in [-0.05, 0) is 58.2 Å². The van der Waals surface area contributed by atoms with Gasteiger partial charge < -0.3 is 10.1 Å². The molecule has 3 rings (SSSR count). The summed E-state index contributed by atoms with van der Waals surface area (Å²) >= 11 is 6.30. The summed E-state index contributed by atoms with van der Waals surface area (Å²) < 4.78 is 5.68. The Morgan fingerprint density at radius 3 is 2.71 bits per heavy atom. The maximum Gasteiger partial charge on any atom is 0.138 e. The summed E-state index contributed by atoms with van der Waals surface area (Å²) in [5, 5.41) is 4.30. The smallest absolute Gasteiger partial charge is 0.138 e. The molecule has 0 radical (unpaired) electrons. The highest BCUT2D eigenvalue weighted by Crippen LogP contribution is 2.35. The third-order valence-electron chi connectivity index (χ3n) is 4.30. The van der Waals surface area contributed by atoms with Crippen molar-refractivity contribution >= 4 is 17.3 Å². The van der Waals surface area contributed by atoms with Crippen molar-refractivity contribution < 1.29 is 4.74 Å². The van der Waals surface area contributed by atoms with E-state index in [1.165, 1.54) is 19.3 Å². The second-order valence-corrected chi connectivity index (χ2v) is 7.07. The summed E-state index contributed by atoms with van der Waals surface area (Å²) in [5.41, 5.74) is 1.09. The second kappa shape index (κ2) is 6.05. The van der Waals surface area contributed by atoms with E-state index in [9.17, 15) is 0 Å². The SMILES string of the molecule is CC(C)Oc1ccc(NC2CC(C)N(C3CC3)C2)cc1Cl. The van der Waals surface area contributed by atoms with E-state index >= 15 is 0 Å². The molecule has 0 bridgehead atoms. The average Bonchev–Trinajstić information content (AvgIpc) is 3.17. The molecule has 1 aliphatic heterocycles. The predicted molar refractivity (Wildman–Crippen MR) is 88.4 cm³/mol. The van der Waals surface area contributed by atoms with E-state index in [1.54, 1.807) is 0 Å². The molecule has 0 spiro atoms. The summed E-state index contributed by atoms with van der Waals surface area (Å²) in [6, 6.07) is 8.05. The molecule has 1 saturated carbocycles. The molecule has 2 atom stereocenters. The van der Waals surface area contributed by atoms with Gasteiger partial charge in [-0.2, -0.15) is 0 Å². The molecular weight excluding hydrogens is 284 g/mol. The van der Waals surface area contributed by atoms with Crippen LogP contribution in [-0.2, 0) is 0 Å². The molecule has 2 aliphatic rings. The molecule has 21 heavy (non-hydrogen) atoms. The van der Waals surface area contributed by atoms with Gasteiger partial charge in [0.2, 0.25) is 0 Å². The number of likely N-dealkylation sites (tertiary alicyclic amines) is 1. The third-order valence-corrected chi connectivity index (χ3v) is 4.60. The predicted octanol–water partition coefficient (Wildman–Crippen LogP) is 4.16. The molecule has 1 heterocycles. The standard InChI is InChI=1S/C17H25ClN2O/c1-11(2)21-17-7-4-13(9-16(17)18)19-14-8-12(3)20(10-14)15-5-6-15/h4,7,9,11-12,14-15,19H,5-6,8,10H2,1-3H3. The van der Waals surface area contributed by atoms with Gasteiger partial charge in [0.05, 0.1) is 11.1 Å². The molecule has 1 aromatic carbocycles. The molecule has 1 aromatic rings. The number of rotatable bonds is 5. The molecule has 2 fully saturated rings. The fraction of sp³-hybridized carbons (Fsp3) is 0.647. The van der Waals surface area contributed by atoms with E-state index < -0.39 is 0 Å². The van der Waals surface area contributed by atoms with E-state index in [4.69, 9.17) is 16.3 Å². The normalized spacial score (nSPS) is 26.3. The Bertz CT molecular complexity index is 502. The van der Waals surface area contributed by atoms with Crippen molar-refractivity contribution in [1.29, 1.82) is 0 Å². The molecule has 4 heteroatoms. The van der Waals surface area contributed by atoms with Gasteiger partial charge in [-0.15, -0.1) is 0 Å². The van der Waals surface area contributed by atoms with Crippen LogP contribution in [0, 0.1) is 0 Å². The van der Waals surface area contributed by atoms with Crippen molar-refractivity contribution in [3.8, 4) is 5.75 Å². The van der Waals surface area contributed by atoms with Crippen molar-refractivity contribution in [2.24, 2.45) is 0 Å². The Kier molecular flexibility index (Phi) is 4.32. The van der Waals surface area contributed by atoms with Gasteiger partial charge in [0.15, 0.2) is 0 Å². The number of hydrogen-bond acceptors (Lipinski definition) is 3. The van der Waals surface area contributed by atoms with Gasteiger partial charge >= 0.3 is 0 Å². The van der Waals surface area contributed by atoms with Crippen LogP contribution in [0.15, 0.2) is 18.2 Å². The average molecular weight is 309 g/mol. The fourth-order valence-electron chi connectivity index (χ4n) is 3.25. The first kappa shape index (κ1) is 15.0. The Morgan fingerprint density at radius 1 is 1.33 bits per heavy atom. The monoisotopic (exact) mass is 308 g/mol. The Hall–Kier alpha value is -0.930. The lowest BCUT2D eigenvalue weighted by Gasteiger charge is -2.20. The van der Waals surface area contributed by atoms with Gasteiger partial charge in [-0.3, -0.25) is 4.90 Å². The number of benzene rings is 1. The van der Waals surface area contributed by atoms with E-state index in [-0.39, 0.29) is 6.10 Å². The first-order valence-corrected chi connectivity index (χ1v) is 8.39. The number of hydrogen-bond donors (Lipinski definition) is 1. The Balaban J connectivity index is 1.61. The van der Waals surface area contributed by atoms with Gasteiger partial charge in [0.1, 0.15) is 5.75 Å². The summed E-state index contributed by atoms with van der Waals surface area (Å²) in [6.45, 7) is 7.50. The van der Waals surface area contributed by atoms with Gasteiger partial charge in [0, 0.05) is 30.4 Å². The minimum Gasteiger partial charge on any atom is -0.489 e. The number of halogens is 1. The van der Waals surface area contributed by atoms with Gasteiger partial charge in [0.25, 0.3) is 0 Å². The van der Waals surface area contributed by atoms with Crippen LogP contribution in [0.3, 0.4) is 0 Å². The second-order valence-electron chi connectivity index (χ2n) is 6.67. The molecule has 0 aromatic heterocycles. The molecule has 1 aliphatic carbocycles. The fourth-order valence-corrected chi connectivity index (χ4v) is 3.48. The van der Waals surface area contributed by atoms with Crippen molar-refractivity contribution in [2.45, 2.75) is 64.3 Å². The van der Waals surface area contributed by atoms with E-state index in [0.717, 1.165) is 24.0 Å². The molecule has 1 N–H and O–H groups in total. The van der Waals surface area contributed by atoms with Crippen LogP contribution in [0.25, 0.3) is 0 Å². The van der Waals surface area contributed by atoms with Crippen LogP contribution in [0.4, 0.5) is 5.69 Å². The number of ether oxygens (including phenoxy) is 1. The zero-order valence-corrected chi connectivity index (χ0v) is 13.9. The molecule has 116 valence electrons. The van der Waals surface area contributed by atoms with Crippen molar-refractivity contribution in [2.75, 3.05) is 11.9 Å². The van der Waals surface area contributed by atoms with Crippen LogP contribution in [-0.4, -0.2) is 35.7 Å². The molecular formula is C17H25ClN2O. The lowest BCUT2D eigenvalue weighted by Crippen LogP contribution is -2.31. The minimum atomic E-state index is 0.143. The number of nitrogens with one attached hydrogen (secondary N) is 1. The topological polar surface area (TPSA) is 24.5 Å².